The Morgan fingerprint density at radius 3 is 1.96 bits per heavy atom. The number of hydrogen-bond acceptors (Lipinski definition) is 5. The third-order valence-corrected chi connectivity index (χ3v) is 3.99. The van der Waals surface area contributed by atoms with Crippen LogP contribution in [0.15, 0.2) is 60.7 Å². The monoisotopic (exact) mass is 381 g/mol. The Morgan fingerprint density at radius 2 is 1.50 bits per heavy atom. The molecule has 0 aliphatic carbocycles. The molecule has 6 N–H and O–H groups in total. The molecule has 0 saturated heterocycles. The number of hydrogen-bond donors (Lipinski definition) is 5. The van der Waals surface area contributed by atoms with E-state index in [1.165, 1.54) is 5.48 Å². The molecule has 0 radical (unpaired) electrons. The highest BCUT2D eigenvalue weighted by Crippen LogP contribution is 2.09. The maximum Gasteiger partial charge on any atom is 0.267 e. The fourth-order valence-corrected chi connectivity index (χ4v) is 2.36. The zero-order valence-corrected chi connectivity index (χ0v) is 15.2. The van der Waals surface area contributed by atoms with Gasteiger partial charge in [-0.15, -0.1) is 0 Å². The number of aliphatic hydroxyl groups excluding tert-OH is 1. The van der Waals surface area contributed by atoms with Crippen molar-refractivity contribution in [3.8, 4) is 0 Å². The van der Waals surface area contributed by atoms with Gasteiger partial charge in [0.05, 0.1) is 6.61 Å². The molecular formula is C21H23N3O4. The van der Waals surface area contributed by atoms with Gasteiger partial charge in [0.2, 0.25) is 0 Å². The summed E-state index contributed by atoms with van der Waals surface area (Å²) in [6.45, 7) is -0.104. The van der Waals surface area contributed by atoms with Crippen LogP contribution >= 0.6 is 0 Å². The van der Waals surface area contributed by atoms with Crippen LogP contribution in [0.3, 0.4) is 0 Å². The van der Waals surface area contributed by atoms with Gasteiger partial charge in [-0.25, -0.2) is 5.48 Å². The van der Waals surface area contributed by atoms with Gasteiger partial charge >= 0.3 is 0 Å². The third kappa shape index (κ3) is 6.17. The summed E-state index contributed by atoms with van der Waals surface area (Å²) >= 11 is 0. The first-order valence-corrected chi connectivity index (χ1v) is 8.67. The summed E-state index contributed by atoms with van der Waals surface area (Å²) in [4.78, 5) is 23.5. The van der Waals surface area contributed by atoms with Gasteiger partial charge in [0.25, 0.3) is 11.8 Å². The van der Waals surface area contributed by atoms with E-state index >= 15 is 0 Å². The number of benzene rings is 2. The van der Waals surface area contributed by atoms with Crippen molar-refractivity contribution < 1.29 is 19.9 Å². The number of rotatable bonds is 8. The first-order valence-electron chi connectivity index (χ1n) is 8.67. The Hall–Kier alpha value is -3.26. The van der Waals surface area contributed by atoms with E-state index in [-0.39, 0.29) is 13.2 Å². The van der Waals surface area contributed by atoms with E-state index in [9.17, 15) is 9.59 Å². The lowest BCUT2D eigenvalue weighted by Crippen LogP contribution is -2.50. The highest BCUT2D eigenvalue weighted by molar-refractivity contribution is 5.97. The number of hydroxylamine groups is 1. The van der Waals surface area contributed by atoms with Crippen LogP contribution in [-0.2, 0) is 11.4 Å². The molecule has 0 bridgehead atoms. The molecule has 0 unspecified atom stereocenters. The Labute approximate surface area is 163 Å². The maximum atomic E-state index is 12.1. The first kappa shape index (κ1) is 21.0. The molecule has 1 atom stereocenters. The molecule has 0 aliphatic rings. The number of allylic oxidation sites excluding steroid dienone is 2. The van der Waals surface area contributed by atoms with Gasteiger partial charge in [-0.05, 0) is 28.8 Å². The third-order valence-electron chi connectivity index (χ3n) is 3.99. The number of carbonyl (C=O) groups excluding carboxylic acids is 2. The molecule has 0 aromatic heterocycles. The average Bonchev–Trinajstić information content (AvgIpc) is 2.75. The SMILES string of the molecule is NC[C@H](NC(=O)c1ccc(/C=C/C=Cc2ccc(CO)cc2)cc1)C(=O)NO. The molecule has 0 fully saturated rings. The van der Waals surface area contributed by atoms with Crippen molar-refractivity contribution in [3.63, 3.8) is 0 Å². The maximum absolute atomic E-state index is 12.1. The van der Waals surface area contributed by atoms with E-state index in [2.05, 4.69) is 5.32 Å². The van der Waals surface area contributed by atoms with Crippen LogP contribution in [-0.4, -0.2) is 34.7 Å². The molecule has 2 rings (SSSR count). The molecule has 2 aromatic rings. The Bertz CT molecular complexity index is 843. The van der Waals surface area contributed by atoms with Gasteiger partial charge in [0.15, 0.2) is 0 Å². The second-order valence-corrected chi connectivity index (χ2v) is 5.98. The summed E-state index contributed by atoms with van der Waals surface area (Å²) in [5, 5.41) is 20.1. The lowest BCUT2D eigenvalue weighted by atomic mass is 10.1. The van der Waals surface area contributed by atoms with Crippen molar-refractivity contribution in [3.05, 3.63) is 82.9 Å². The van der Waals surface area contributed by atoms with Crippen LogP contribution in [0.2, 0.25) is 0 Å². The van der Waals surface area contributed by atoms with Gasteiger partial charge in [-0.2, -0.15) is 0 Å². The summed E-state index contributed by atoms with van der Waals surface area (Å²) in [6.07, 6.45) is 7.61. The van der Waals surface area contributed by atoms with Crippen LogP contribution in [0.5, 0.6) is 0 Å². The summed E-state index contributed by atoms with van der Waals surface area (Å²) < 4.78 is 0. The number of nitrogens with one attached hydrogen (secondary N) is 2. The molecule has 7 heteroatoms. The van der Waals surface area contributed by atoms with Crippen LogP contribution in [0.4, 0.5) is 0 Å². The minimum atomic E-state index is -1.01. The minimum absolute atomic E-state index is 0.0272. The van der Waals surface area contributed by atoms with Crippen molar-refractivity contribution in [1.82, 2.24) is 10.8 Å². The van der Waals surface area contributed by atoms with Crippen molar-refractivity contribution in [2.75, 3.05) is 6.54 Å². The van der Waals surface area contributed by atoms with E-state index in [1.807, 2.05) is 48.6 Å². The minimum Gasteiger partial charge on any atom is -0.392 e. The molecule has 0 heterocycles. The molecule has 2 amide bonds. The fraction of sp³-hybridized carbons (Fsp3) is 0.143. The fourth-order valence-electron chi connectivity index (χ4n) is 2.36. The second-order valence-electron chi connectivity index (χ2n) is 5.98. The predicted octanol–water partition coefficient (Wildman–Crippen LogP) is 1.47. The lowest BCUT2D eigenvalue weighted by Gasteiger charge is -2.14. The molecule has 28 heavy (non-hydrogen) atoms. The van der Waals surface area contributed by atoms with Crippen molar-refractivity contribution >= 4 is 24.0 Å². The number of nitrogens with two attached hydrogens (primary N) is 1. The van der Waals surface area contributed by atoms with Gasteiger partial charge < -0.3 is 16.2 Å². The van der Waals surface area contributed by atoms with E-state index in [1.54, 1.807) is 24.3 Å². The highest BCUT2D eigenvalue weighted by atomic mass is 16.5. The zero-order valence-electron chi connectivity index (χ0n) is 15.2. The van der Waals surface area contributed by atoms with Gasteiger partial charge in [0.1, 0.15) is 6.04 Å². The largest absolute Gasteiger partial charge is 0.392 e. The van der Waals surface area contributed by atoms with Crippen LogP contribution in [0.1, 0.15) is 27.0 Å². The number of carbonyl (C=O) groups is 2. The predicted molar refractivity (Wildman–Crippen MR) is 107 cm³/mol. The molecule has 0 saturated carbocycles. The Kier molecular flexibility index (Phi) is 8.11. The van der Waals surface area contributed by atoms with E-state index in [4.69, 9.17) is 16.0 Å². The van der Waals surface area contributed by atoms with Gasteiger partial charge in [-0.1, -0.05) is 60.7 Å². The normalized spacial score (nSPS) is 12.2. The molecule has 0 spiro atoms. The summed E-state index contributed by atoms with van der Waals surface area (Å²) in [7, 11) is 0. The molecule has 146 valence electrons. The molecule has 2 aromatic carbocycles. The van der Waals surface area contributed by atoms with Crippen LogP contribution < -0.4 is 16.5 Å². The number of aliphatic hydroxyl groups is 1. The van der Waals surface area contributed by atoms with Gasteiger partial charge in [-0.3, -0.25) is 14.8 Å². The Balaban J connectivity index is 1.94. The highest BCUT2D eigenvalue weighted by Gasteiger charge is 2.19. The van der Waals surface area contributed by atoms with Crippen molar-refractivity contribution in [2.45, 2.75) is 12.6 Å². The van der Waals surface area contributed by atoms with Crippen LogP contribution in [0, 0.1) is 0 Å². The summed E-state index contributed by atoms with van der Waals surface area (Å²) in [5.74, 6) is -1.23. The quantitative estimate of drug-likeness (QED) is 0.269. The smallest absolute Gasteiger partial charge is 0.267 e. The lowest BCUT2D eigenvalue weighted by molar-refractivity contribution is -0.130. The van der Waals surface area contributed by atoms with E-state index in [0.717, 1.165) is 16.7 Å². The number of amides is 2. The van der Waals surface area contributed by atoms with E-state index < -0.39 is 17.9 Å². The Morgan fingerprint density at radius 1 is 0.964 bits per heavy atom. The topological polar surface area (TPSA) is 125 Å². The van der Waals surface area contributed by atoms with Crippen molar-refractivity contribution in [1.29, 1.82) is 0 Å². The molecular weight excluding hydrogens is 358 g/mol. The standard InChI is InChI=1S/C21H23N3O4/c22-13-19(21(27)24-28)23-20(26)18-11-9-16(10-12-18)4-2-1-3-15-5-7-17(14-25)8-6-15/h1-12,19,25,28H,13-14,22H2,(H,23,26)(H,24,27)/b3-1?,4-2+/t19-/m0/s1. The summed E-state index contributed by atoms with van der Waals surface area (Å²) in [5.41, 5.74) is 10.0. The summed E-state index contributed by atoms with van der Waals surface area (Å²) in [6, 6.07) is 13.4. The zero-order chi connectivity index (χ0) is 20.4. The molecule has 7 nitrogen and oxygen atoms in total. The van der Waals surface area contributed by atoms with E-state index in [0.29, 0.717) is 5.56 Å². The average molecular weight is 381 g/mol. The van der Waals surface area contributed by atoms with Crippen LogP contribution in [0.25, 0.3) is 12.2 Å². The second kappa shape index (κ2) is 10.8. The molecule has 0 aliphatic heterocycles. The van der Waals surface area contributed by atoms with Crippen molar-refractivity contribution in [2.24, 2.45) is 5.73 Å². The van der Waals surface area contributed by atoms with Gasteiger partial charge in [0, 0.05) is 12.1 Å². The first-order chi connectivity index (χ1) is 13.6.